The molecule has 0 aromatic carbocycles. The second-order valence-corrected chi connectivity index (χ2v) is 2.93. The van der Waals surface area contributed by atoms with E-state index in [1.165, 1.54) is 0 Å². The van der Waals surface area contributed by atoms with Crippen molar-refractivity contribution in [2.45, 2.75) is 25.6 Å². The molecule has 1 fully saturated rings. The topological polar surface area (TPSA) is 65.0 Å². The fourth-order valence-electron chi connectivity index (χ4n) is 1.18. The van der Waals surface area contributed by atoms with Gasteiger partial charge in [-0.05, 0) is 6.42 Å². The zero-order chi connectivity index (χ0) is 11.0. The molecule has 84 valence electrons. The number of carbonyl (C=O) groups is 1. The van der Waals surface area contributed by atoms with Crippen LogP contribution in [0.4, 0.5) is 0 Å². The monoisotopic (exact) mass is 206 g/mol. The molecule has 2 unspecified atom stereocenters. The predicted molar refractivity (Wildman–Crippen MR) is 50.3 cm³/mol. The van der Waals surface area contributed by atoms with Gasteiger partial charge in [0.25, 0.3) is 5.97 Å². The van der Waals surface area contributed by atoms with Crippen LogP contribution in [-0.4, -0.2) is 50.7 Å². The molecular weight excluding hydrogens is 188 g/mol. The molecule has 0 saturated carbocycles. The Hall–Kier alpha value is -0.650. The van der Waals surface area contributed by atoms with Crippen LogP contribution in [0.25, 0.3) is 0 Å². The maximum atomic E-state index is 9.00. The first-order chi connectivity index (χ1) is 6.61. The van der Waals surface area contributed by atoms with Gasteiger partial charge in [0.05, 0.1) is 12.7 Å². The van der Waals surface area contributed by atoms with Gasteiger partial charge in [-0.1, -0.05) is 0 Å². The van der Waals surface area contributed by atoms with Crippen LogP contribution in [0.1, 0.15) is 13.3 Å². The summed E-state index contributed by atoms with van der Waals surface area (Å²) in [5, 5.41) is 7.42. The zero-order valence-electron chi connectivity index (χ0n) is 8.86. The molecule has 1 aliphatic heterocycles. The number of carboxylic acids is 1. The van der Waals surface area contributed by atoms with E-state index in [1.54, 1.807) is 14.2 Å². The van der Waals surface area contributed by atoms with Gasteiger partial charge in [0.1, 0.15) is 6.10 Å². The Kier molecular flexibility index (Phi) is 7.37. The SMILES string of the molecule is CC(=O)O.COC1CCOCC1OC. The molecule has 1 N–H and O–H groups in total. The lowest BCUT2D eigenvalue weighted by atomic mass is 10.1. The fourth-order valence-corrected chi connectivity index (χ4v) is 1.18. The van der Waals surface area contributed by atoms with Gasteiger partial charge in [-0.3, -0.25) is 4.79 Å². The highest BCUT2D eigenvalue weighted by Gasteiger charge is 2.24. The molecule has 0 aliphatic carbocycles. The van der Waals surface area contributed by atoms with Gasteiger partial charge in [0.2, 0.25) is 0 Å². The highest BCUT2D eigenvalue weighted by atomic mass is 16.6. The van der Waals surface area contributed by atoms with Crippen molar-refractivity contribution in [3.05, 3.63) is 0 Å². The average molecular weight is 206 g/mol. The summed E-state index contributed by atoms with van der Waals surface area (Å²) in [6, 6.07) is 0. The Morgan fingerprint density at radius 2 is 1.86 bits per heavy atom. The fraction of sp³-hybridized carbons (Fsp3) is 0.889. The molecule has 1 heterocycles. The molecule has 0 spiro atoms. The van der Waals surface area contributed by atoms with Crippen LogP contribution in [-0.2, 0) is 19.0 Å². The quantitative estimate of drug-likeness (QED) is 0.713. The maximum absolute atomic E-state index is 9.00. The normalized spacial score (nSPS) is 26.2. The van der Waals surface area contributed by atoms with Crippen molar-refractivity contribution in [2.24, 2.45) is 0 Å². The molecule has 1 saturated heterocycles. The third-order valence-corrected chi connectivity index (χ3v) is 1.85. The van der Waals surface area contributed by atoms with Crippen molar-refractivity contribution in [3.63, 3.8) is 0 Å². The minimum atomic E-state index is -0.833. The summed E-state index contributed by atoms with van der Waals surface area (Å²) in [4.78, 5) is 9.00. The molecule has 5 nitrogen and oxygen atoms in total. The Labute approximate surface area is 84.0 Å². The first-order valence-corrected chi connectivity index (χ1v) is 4.44. The second-order valence-electron chi connectivity index (χ2n) is 2.93. The third-order valence-electron chi connectivity index (χ3n) is 1.85. The second kappa shape index (κ2) is 7.73. The van der Waals surface area contributed by atoms with Crippen molar-refractivity contribution in [1.29, 1.82) is 0 Å². The Balaban J connectivity index is 0.000000364. The van der Waals surface area contributed by atoms with Crippen LogP contribution in [0.3, 0.4) is 0 Å². The van der Waals surface area contributed by atoms with E-state index in [0.717, 1.165) is 20.0 Å². The van der Waals surface area contributed by atoms with Gasteiger partial charge in [-0.15, -0.1) is 0 Å². The van der Waals surface area contributed by atoms with Crippen molar-refractivity contribution >= 4 is 5.97 Å². The summed E-state index contributed by atoms with van der Waals surface area (Å²) in [7, 11) is 3.40. The number of carboxylic acid groups (broad SMARTS) is 1. The number of aliphatic carboxylic acids is 1. The molecule has 1 rings (SSSR count). The Morgan fingerprint density at radius 3 is 2.21 bits per heavy atom. The molecule has 0 bridgehead atoms. The predicted octanol–water partition coefficient (Wildman–Crippen LogP) is 0.528. The summed E-state index contributed by atoms with van der Waals surface area (Å²) in [6.07, 6.45) is 1.28. The van der Waals surface area contributed by atoms with Gasteiger partial charge < -0.3 is 19.3 Å². The van der Waals surface area contributed by atoms with Crippen LogP contribution < -0.4 is 0 Å². The summed E-state index contributed by atoms with van der Waals surface area (Å²) < 4.78 is 15.5. The first kappa shape index (κ1) is 13.4. The van der Waals surface area contributed by atoms with Crippen molar-refractivity contribution in [1.82, 2.24) is 0 Å². The number of rotatable bonds is 2. The Bertz CT molecular complexity index is 143. The molecule has 2 atom stereocenters. The summed E-state index contributed by atoms with van der Waals surface area (Å²) in [5.74, 6) is -0.833. The molecule has 1 aliphatic rings. The third kappa shape index (κ3) is 5.90. The highest BCUT2D eigenvalue weighted by molar-refractivity contribution is 5.62. The lowest BCUT2D eigenvalue weighted by Gasteiger charge is -2.28. The average Bonchev–Trinajstić information content (AvgIpc) is 2.17. The van der Waals surface area contributed by atoms with Crippen LogP contribution in [0.2, 0.25) is 0 Å². The smallest absolute Gasteiger partial charge is 0.300 e. The van der Waals surface area contributed by atoms with Crippen LogP contribution in [0.5, 0.6) is 0 Å². The summed E-state index contributed by atoms with van der Waals surface area (Å²) >= 11 is 0. The van der Waals surface area contributed by atoms with Gasteiger partial charge in [-0.25, -0.2) is 0 Å². The molecule has 0 aromatic rings. The van der Waals surface area contributed by atoms with Crippen molar-refractivity contribution in [3.8, 4) is 0 Å². The maximum Gasteiger partial charge on any atom is 0.300 e. The zero-order valence-corrected chi connectivity index (χ0v) is 8.86. The standard InChI is InChI=1S/C7H14O3.C2H4O2/c1-8-6-3-4-10-5-7(6)9-2;1-2(3)4/h6-7H,3-5H2,1-2H3;1H3,(H,3,4). The lowest BCUT2D eigenvalue weighted by Crippen LogP contribution is -2.39. The van der Waals surface area contributed by atoms with E-state index in [1.807, 2.05) is 0 Å². The van der Waals surface area contributed by atoms with E-state index >= 15 is 0 Å². The van der Waals surface area contributed by atoms with E-state index in [2.05, 4.69) is 0 Å². The number of hydrogen-bond donors (Lipinski definition) is 1. The largest absolute Gasteiger partial charge is 0.481 e. The van der Waals surface area contributed by atoms with Crippen molar-refractivity contribution < 1.29 is 24.1 Å². The van der Waals surface area contributed by atoms with Crippen LogP contribution >= 0.6 is 0 Å². The summed E-state index contributed by atoms with van der Waals surface area (Å²) in [6.45, 7) is 2.54. The molecular formula is C9H18O5. The van der Waals surface area contributed by atoms with Gasteiger partial charge in [0, 0.05) is 27.8 Å². The van der Waals surface area contributed by atoms with E-state index in [0.29, 0.717) is 6.61 Å². The van der Waals surface area contributed by atoms with E-state index in [4.69, 9.17) is 24.1 Å². The van der Waals surface area contributed by atoms with Crippen LogP contribution in [0, 0.1) is 0 Å². The number of hydrogen-bond acceptors (Lipinski definition) is 4. The molecule has 5 heteroatoms. The van der Waals surface area contributed by atoms with Gasteiger partial charge >= 0.3 is 0 Å². The lowest BCUT2D eigenvalue weighted by molar-refractivity contribution is -0.134. The molecule has 14 heavy (non-hydrogen) atoms. The van der Waals surface area contributed by atoms with Crippen LogP contribution in [0.15, 0.2) is 0 Å². The Morgan fingerprint density at radius 1 is 1.36 bits per heavy atom. The van der Waals surface area contributed by atoms with E-state index < -0.39 is 5.97 Å². The number of methoxy groups -OCH3 is 2. The highest BCUT2D eigenvalue weighted by Crippen LogP contribution is 2.12. The van der Waals surface area contributed by atoms with Crippen molar-refractivity contribution in [2.75, 3.05) is 27.4 Å². The van der Waals surface area contributed by atoms with Gasteiger partial charge in [-0.2, -0.15) is 0 Å². The molecule has 0 amide bonds. The minimum Gasteiger partial charge on any atom is -0.481 e. The molecule has 0 aromatic heterocycles. The first-order valence-electron chi connectivity index (χ1n) is 4.44. The van der Waals surface area contributed by atoms with E-state index in [-0.39, 0.29) is 12.2 Å². The summed E-state index contributed by atoms with van der Waals surface area (Å²) in [5.41, 5.74) is 0. The number of ether oxygens (including phenoxy) is 3. The van der Waals surface area contributed by atoms with Gasteiger partial charge in [0.15, 0.2) is 0 Å². The van der Waals surface area contributed by atoms with E-state index in [9.17, 15) is 0 Å². The molecule has 0 radical (unpaired) electrons. The minimum absolute atomic E-state index is 0.124.